The second-order valence-corrected chi connectivity index (χ2v) is 10.4. The number of aromatic amines is 1. The number of nitrogens with zero attached hydrogens (tertiary/aromatic N) is 4. The van der Waals surface area contributed by atoms with Gasteiger partial charge < -0.3 is 15.5 Å². The predicted octanol–water partition coefficient (Wildman–Crippen LogP) is 7.09. The maximum atomic E-state index is 13.8. The molecule has 0 saturated carbocycles. The molecule has 0 atom stereocenters. The van der Waals surface area contributed by atoms with Gasteiger partial charge in [-0.05, 0) is 58.5 Å². The molecule has 0 aliphatic heterocycles. The van der Waals surface area contributed by atoms with Gasteiger partial charge in [0.15, 0.2) is 0 Å². The van der Waals surface area contributed by atoms with E-state index in [4.69, 9.17) is 11.6 Å². The van der Waals surface area contributed by atoms with Gasteiger partial charge in [-0.3, -0.25) is 0 Å². The molecule has 0 spiro atoms. The van der Waals surface area contributed by atoms with E-state index >= 15 is 0 Å². The standard InChI is InChI=1S/C28H31ClFN7O/c1-17(2)15-37(16-18(3)4)26-10-9-19(23-7-5-6-8-24(23)27-33-35-36-34-27)11-25(26)32-28(38)31-22-13-20(29)12-21(30)14-22/h5-14,17-18H,15-16H2,1-4H3,(H2,31,32,38)(H,33,34,35,36). The Morgan fingerprint density at radius 2 is 1.68 bits per heavy atom. The monoisotopic (exact) mass is 535 g/mol. The number of hydrogen-bond donors (Lipinski definition) is 3. The van der Waals surface area contributed by atoms with Gasteiger partial charge in [0.05, 0.1) is 11.4 Å². The molecule has 2 amide bonds. The van der Waals surface area contributed by atoms with Crippen LogP contribution in [0.5, 0.6) is 0 Å². The molecule has 3 aromatic carbocycles. The summed E-state index contributed by atoms with van der Waals surface area (Å²) >= 11 is 5.97. The lowest BCUT2D eigenvalue weighted by molar-refractivity contribution is 0.262. The van der Waals surface area contributed by atoms with Gasteiger partial charge >= 0.3 is 6.03 Å². The van der Waals surface area contributed by atoms with Crippen molar-refractivity contribution in [2.45, 2.75) is 27.7 Å². The highest BCUT2D eigenvalue weighted by Crippen LogP contribution is 2.36. The second kappa shape index (κ2) is 12.0. The first-order chi connectivity index (χ1) is 18.2. The number of carbonyl (C=O) groups is 1. The molecule has 8 nitrogen and oxygen atoms in total. The van der Waals surface area contributed by atoms with E-state index in [0.29, 0.717) is 23.3 Å². The largest absolute Gasteiger partial charge is 0.369 e. The van der Waals surface area contributed by atoms with Gasteiger partial charge in [-0.15, -0.1) is 10.2 Å². The normalized spacial score (nSPS) is 11.2. The number of amides is 2. The highest BCUT2D eigenvalue weighted by Gasteiger charge is 2.19. The van der Waals surface area contributed by atoms with Gasteiger partial charge in [-0.2, -0.15) is 5.21 Å². The van der Waals surface area contributed by atoms with Crippen LogP contribution in [-0.2, 0) is 0 Å². The molecule has 0 aliphatic rings. The van der Waals surface area contributed by atoms with Crippen LogP contribution >= 0.6 is 11.6 Å². The third-order valence-corrected chi connectivity index (χ3v) is 5.92. The van der Waals surface area contributed by atoms with Crippen LogP contribution in [0.4, 0.5) is 26.2 Å². The summed E-state index contributed by atoms with van der Waals surface area (Å²) in [6.07, 6.45) is 0. The zero-order valence-corrected chi connectivity index (χ0v) is 22.6. The van der Waals surface area contributed by atoms with Gasteiger partial charge in [-0.25, -0.2) is 9.18 Å². The van der Waals surface area contributed by atoms with E-state index in [1.807, 2.05) is 42.5 Å². The number of rotatable bonds is 9. The first-order valence-corrected chi connectivity index (χ1v) is 12.8. The molecule has 0 bridgehead atoms. The number of H-pyrrole nitrogens is 1. The lowest BCUT2D eigenvalue weighted by Crippen LogP contribution is -2.32. The minimum atomic E-state index is -0.534. The quantitative estimate of drug-likeness (QED) is 0.212. The summed E-state index contributed by atoms with van der Waals surface area (Å²) in [4.78, 5) is 15.4. The number of aromatic nitrogens is 4. The Kier molecular flexibility index (Phi) is 8.58. The minimum Gasteiger partial charge on any atom is -0.369 e. The molecule has 1 heterocycles. The number of halogens is 2. The SMILES string of the molecule is CC(C)CN(CC(C)C)c1ccc(-c2ccccc2-c2nn[nH]n2)cc1NC(=O)Nc1cc(F)cc(Cl)c1. The molecule has 0 radical (unpaired) electrons. The lowest BCUT2D eigenvalue weighted by atomic mass is 9.97. The fourth-order valence-corrected chi connectivity index (χ4v) is 4.57. The van der Waals surface area contributed by atoms with Crippen LogP contribution in [0, 0.1) is 17.7 Å². The third kappa shape index (κ3) is 6.86. The van der Waals surface area contributed by atoms with Crippen LogP contribution in [0.25, 0.3) is 22.5 Å². The zero-order valence-electron chi connectivity index (χ0n) is 21.8. The van der Waals surface area contributed by atoms with E-state index < -0.39 is 11.8 Å². The van der Waals surface area contributed by atoms with Crippen molar-refractivity contribution in [2.24, 2.45) is 11.8 Å². The highest BCUT2D eigenvalue weighted by atomic mass is 35.5. The smallest absolute Gasteiger partial charge is 0.323 e. The summed E-state index contributed by atoms with van der Waals surface area (Å²) in [6, 6.07) is 17.1. The summed E-state index contributed by atoms with van der Waals surface area (Å²) in [5.74, 6) is 0.752. The maximum Gasteiger partial charge on any atom is 0.323 e. The number of carbonyl (C=O) groups excluding carboxylic acids is 1. The van der Waals surface area contributed by atoms with E-state index in [0.717, 1.165) is 35.5 Å². The van der Waals surface area contributed by atoms with Gasteiger partial charge in [0.2, 0.25) is 5.82 Å². The Morgan fingerprint density at radius 3 is 2.32 bits per heavy atom. The summed E-state index contributed by atoms with van der Waals surface area (Å²) in [5, 5.41) is 20.3. The Hall–Kier alpha value is -3.98. The van der Waals surface area contributed by atoms with Crippen molar-refractivity contribution in [3.8, 4) is 22.5 Å². The molecule has 1 aromatic heterocycles. The van der Waals surface area contributed by atoms with Crippen molar-refractivity contribution in [2.75, 3.05) is 28.6 Å². The van der Waals surface area contributed by atoms with Crippen LogP contribution in [0.15, 0.2) is 60.7 Å². The fraction of sp³-hybridized carbons (Fsp3) is 0.286. The molecule has 38 heavy (non-hydrogen) atoms. The van der Waals surface area contributed by atoms with Crippen LogP contribution in [0.2, 0.25) is 5.02 Å². The molecule has 4 aromatic rings. The average molecular weight is 536 g/mol. The molecule has 0 fully saturated rings. The Bertz CT molecular complexity index is 1360. The zero-order chi connectivity index (χ0) is 27.2. The number of nitrogens with one attached hydrogen (secondary N) is 3. The Balaban J connectivity index is 1.75. The number of tetrazole rings is 1. The van der Waals surface area contributed by atoms with Crippen molar-refractivity contribution in [1.29, 1.82) is 0 Å². The summed E-state index contributed by atoms with van der Waals surface area (Å²) in [7, 11) is 0. The number of hydrogen-bond acceptors (Lipinski definition) is 5. The second-order valence-electron chi connectivity index (χ2n) is 9.94. The number of urea groups is 1. The van der Waals surface area contributed by atoms with Crippen LogP contribution in [0.1, 0.15) is 27.7 Å². The molecular formula is C28H31ClFN7O. The van der Waals surface area contributed by atoms with Crippen LogP contribution < -0.4 is 15.5 Å². The topological polar surface area (TPSA) is 98.8 Å². The van der Waals surface area contributed by atoms with Gasteiger partial charge in [0.1, 0.15) is 5.82 Å². The lowest BCUT2D eigenvalue weighted by Gasteiger charge is -2.31. The van der Waals surface area contributed by atoms with E-state index in [2.05, 4.69) is 63.9 Å². The molecule has 3 N–H and O–H groups in total. The van der Waals surface area contributed by atoms with Crippen molar-refractivity contribution in [3.05, 3.63) is 71.5 Å². The first kappa shape index (κ1) is 27.1. The molecule has 198 valence electrons. The first-order valence-electron chi connectivity index (χ1n) is 12.5. The Morgan fingerprint density at radius 1 is 0.974 bits per heavy atom. The molecule has 0 saturated heterocycles. The fourth-order valence-electron chi connectivity index (χ4n) is 4.35. The number of benzene rings is 3. The van der Waals surface area contributed by atoms with Gasteiger partial charge in [-0.1, -0.05) is 69.6 Å². The molecule has 0 unspecified atom stereocenters. The van der Waals surface area contributed by atoms with Crippen LogP contribution in [-0.4, -0.2) is 39.7 Å². The van der Waals surface area contributed by atoms with Crippen molar-refractivity contribution >= 4 is 34.7 Å². The molecular weight excluding hydrogens is 505 g/mol. The van der Waals surface area contributed by atoms with Gasteiger partial charge in [0, 0.05) is 29.4 Å². The summed E-state index contributed by atoms with van der Waals surface area (Å²) < 4.78 is 13.8. The predicted molar refractivity (Wildman–Crippen MR) is 151 cm³/mol. The third-order valence-electron chi connectivity index (χ3n) is 5.70. The molecule has 10 heteroatoms. The highest BCUT2D eigenvalue weighted by molar-refractivity contribution is 6.31. The maximum absolute atomic E-state index is 13.8. The van der Waals surface area contributed by atoms with E-state index in [-0.39, 0.29) is 10.7 Å². The summed E-state index contributed by atoms with van der Waals surface area (Å²) in [6.45, 7) is 10.3. The van der Waals surface area contributed by atoms with E-state index in [1.165, 1.54) is 18.2 Å². The van der Waals surface area contributed by atoms with Crippen molar-refractivity contribution < 1.29 is 9.18 Å². The van der Waals surface area contributed by atoms with Gasteiger partial charge in [0.25, 0.3) is 0 Å². The van der Waals surface area contributed by atoms with Crippen molar-refractivity contribution in [1.82, 2.24) is 20.6 Å². The van der Waals surface area contributed by atoms with Crippen LogP contribution in [0.3, 0.4) is 0 Å². The van der Waals surface area contributed by atoms with Crippen molar-refractivity contribution in [3.63, 3.8) is 0 Å². The van der Waals surface area contributed by atoms with E-state index in [9.17, 15) is 9.18 Å². The molecule has 4 rings (SSSR count). The number of anilines is 3. The minimum absolute atomic E-state index is 0.195. The average Bonchev–Trinajstić information content (AvgIpc) is 3.37. The summed E-state index contributed by atoms with van der Waals surface area (Å²) in [5.41, 5.74) is 4.33. The van der Waals surface area contributed by atoms with E-state index in [1.54, 1.807) is 0 Å². The molecule has 0 aliphatic carbocycles. The Labute approximate surface area is 226 Å².